The average molecular weight is 343 g/mol. The van der Waals surface area contributed by atoms with Crippen molar-refractivity contribution in [3.63, 3.8) is 0 Å². The first-order valence-electron chi connectivity index (χ1n) is 8.22. The molecule has 0 spiro atoms. The molecule has 1 amide bonds. The minimum absolute atomic E-state index is 0. The Morgan fingerprint density at radius 3 is 2.26 bits per heavy atom. The quantitative estimate of drug-likeness (QED) is 0.635. The number of carbonyl (C=O) groups is 1. The summed E-state index contributed by atoms with van der Waals surface area (Å²) < 4.78 is 5.18. The van der Waals surface area contributed by atoms with Crippen LogP contribution in [0, 0.1) is 5.92 Å². The van der Waals surface area contributed by atoms with Crippen molar-refractivity contribution in [2.24, 2.45) is 11.7 Å². The third kappa shape index (κ3) is 8.24. The van der Waals surface area contributed by atoms with Crippen LogP contribution in [-0.4, -0.2) is 19.6 Å². The number of nitrogens with one attached hydrogen (secondary N) is 1. The van der Waals surface area contributed by atoms with Gasteiger partial charge in [0.2, 0.25) is 5.91 Å². The summed E-state index contributed by atoms with van der Waals surface area (Å²) in [6, 6.07) is 7.95. The summed E-state index contributed by atoms with van der Waals surface area (Å²) in [5.41, 5.74) is 6.58. The molecule has 0 saturated carbocycles. The van der Waals surface area contributed by atoms with E-state index in [0.717, 1.165) is 43.5 Å². The van der Waals surface area contributed by atoms with Crippen LogP contribution in [0.1, 0.15) is 57.6 Å². The Hall–Kier alpha value is -1.26. The lowest BCUT2D eigenvalue weighted by Crippen LogP contribution is -2.31. The zero-order chi connectivity index (χ0) is 16.4. The Bertz CT molecular complexity index is 435. The zero-order valence-electron chi connectivity index (χ0n) is 14.5. The number of hydrogen-bond donors (Lipinski definition) is 2. The Morgan fingerprint density at radius 2 is 1.74 bits per heavy atom. The van der Waals surface area contributed by atoms with Gasteiger partial charge in [-0.2, -0.15) is 0 Å². The van der Waals surface area contributed by atoms with Gasteiger partial charge in [-0.3, -0.25) is 4.79 Å². The van der Waals surface area contributed by atoms with Crippen LogP contribution < -0.4 is 15.8 Å². The van der Waals surface area contributed by atoms with E-state index in [1.54, 1.807) is 7.11 Å². The summed E-state index contributed by atoms with van der Waals surface area (Å²) in [6.45, 7) is 4.98. The van der Waals surface area contributed by atoms with Crippen molar-refractivity contribution in [2.75, 3.05) is 13.7 Å². The van der Waals surface area contributed by atoms with E-state index in [2.05, 4.69) is 19.2 Å². The van der Waals surface area contributed by atoms with E-state index < -0.39 is 0 Å². The molecule has 1 aromatic carbocycles. The normalized spacial score (nSPS) is 11.7. The molecule has 0 aliphatic carbocycles. The number of benzene rings is 1. The van der Waals surface area contributed by atoms with Gasteiger partial charge in [0, 0.05) is 6.42 Å². The molecule has 0 fully saturated rings. The number of carbonyl (C=O) groups excluding carboxylic acids is 1. The first kappa shape index (κ1) is 21.7. The Balaban J connectivity index is 0.00000484. The maximum atomic E-state index is 12.1. The monoisotopic (exact) mass is 342 g/mol. The molecule has 5 heteroatoms. The molecule has 1 atom stereocenters. The van der Waals surface area contributed by atoms with Crippen molar-refractivity contribution in [2.45, 2.75) is 52.0 Å². The van der Waals surface area contributed by atoms with E-state index in [4.69, 9.17) is 10.5 Å². The van der Waals surface area contributed by atoms with E-state index in [1.165, 1.54) is 0 Å². The van der Waals surface area contributed by atoms with Gasteiger partial charge in [0.15, 0.2) is 0 Å². The highest BCUT2D eigenvalue weighted by Crippen LogP contribution is 2.24. The predicted molar refractivity (Wildman–Crippen MR) is 98.1 cm³/mol. The summed E-state index contributed by atoms with van der Waals surface area (Å²) in [5, 5.41) is 3.16. The number of halogens is 1. The lowest BCUT2D eigenvalue weighted by molar-refractivity contribution is -0.122. The summed E-state index contributed by atoms with van der Waals surface area (Å²) in [4.78, 5) is 12.1. The van der Waals surface area contributed by atoms with Gasteiger partial charge in [-0.1, -0.05) is 38.8 Å². The molecule has 132 valence electrons. The van der Waals surface area contributed by atoms with Crippen molar-refractivity contribution in [3.05, 3.63) is 29.8 Å². The standard InChI is InChI=1S/C18H30N2O2.ClH/c1-14(2)18(15-9-11-16(22-3)12-10-15)20-17(21)8-6-4-5-7-13-19;/h9-12,14,18H,4-8,13,19H2,1-3H3,(H,20,21);1H. The fourth-order valence-electron chi connectivity index (χ4n) is 2.48. The lowest BCUT2D eigenvalue weighted by Gasteiger charge is -2.23. The topological polar surface area (TPSA) is 64.3 Å². The van der Waals surface area contributed by atoms with E-state index >= 15 is 0 Å². The van der Waals surface area contributed by atoms with Gasteiger partial charge >= 0.3 is 0 Å². The average Bonchev–Trinajstić information content (AvgIpc) is 2.52. The number of ether oxygens (including phenoxy) is 1. The maximum absolute atomic E-state index is 12.1. The second-order valence-corrected chi connectivity index (χ2v) is 6.02. The van der Waals surface area contributed by atoms with Crippen LogP contribution >= 0.6 is 12.4 Å². The fraction of sp³-hybridized carbons (Fsp3) is 0.611. The summed E-state index contributed by atoms with van der Waals surface area (Å²) in [6.07, 6.45) is 4.74. The fourth-order valence-corrected chi connectivity index (χ4v) is 2.48. The molecule has 0 radical (unpaired) electrons. The van der Waals surface area contributed by atoms with Crippen LogP contribution in [0.5, 0.6) is 5.75 Å². The van der Waals surface area contributed by atoms with Gasteiger partial charge in [0.05, 0.1) is 13.2 Å². The molecule has 0 aliphatic rings. The highest BCUT2D eigenvalue weighted by atomic mass is 35.5. The van der Waals surface area contributed by atoms with Gasteiger partial charge in [-0.25, -0.2) is 0 Å². The molecule has 1 aromatic rings. The molecule has 0 bridgehead atoms. The SMILES string of the molecule is COc1ccc(C(NC(=O)CCCCCCN)C(C)C)cc1.Cl. The molecule has 0 aliphatic heterocycles. The minimum Gasteiger partial charge on any atom is -0.497 e. The highest BCUT2D eigenvalue weighted by Gasteiger charge is 2.18. The van der Waals surface area contributed by atoms with Crippen molar-refractivity contribution >= 4 is 18.3 Å². The van der Waals surface area contributed by atoms with Crippen LogP contribution in [-0.2, 0) is 4.79 Å². The van der Waals surface area contributed by atoms with Crippen LogP contribution in [0.25, 0.3) is 0 Å². The van der Waals surface area contributed by atoms with Crippen molar-refractivity contribution < 1.29 is 9.53 Å². The van der Waals surface area contributed by atoms with Gasteiger partial charge < -0.3 is 15.8 Å². The molecule has 1 rings (SSSR count). The molecule has 0 saturated heterocycles. The van der Waals surface area contributed by atoms with Crippen LogP contribution in [0.15, 0.2) is 24.3 Å². The van der Waals surface area contributed by atoms with Gasteiger partial charge in [0.25, 0.3) is 0 Å². The first-order valence-corrected chi connectivity index (χ1v) is 8.22. The van der Waals surface area contributed by atoms with Crippen molar-refractivity contribution in [3.8, 4) is 5.75 Å². The van der Waals surface area contributed by atoms with Gasteiger partial charge in [-0.05, 0) is 43.0 Å². The largest absolute Gasteiger partial charge is 0.497 e. The van der Waals surface area contributed by atoms with E-state index in [9.17, 15) is 4.79 Å². The summed E-state index contributed by atoms with van der Waals surface area (Å²) in [5.74, 6) is 1.30. The van der Waals surface area contributed by atoms with E-state index in [1.807, 2.05) is 24.3 Å². The smallest absolute Gasteiger partial charge is 0.220 e. The minimum atomic E-state index is 0. The Morgan fingerprint density at radius 1 is 1.13 bits per heavy atom. The van der Waals surface area contributed by atoms with E-state index in [0.29, 0.717) is 12.3 Å². The molecular weight excluding hydrogens is 312 g/mol. The maximum Gasteiger partial charge on any atom is 0.220 e. The number of hydrogen-bond acceptors (Lipinski definition) is 3. The molecule has 3 N–H and O–H groups in total. The summed E-state index contributed by atoms with van der Waals surface area (Å²) >= 11 is 0. The number of unbranched alkanes of at least 4 members (excludes halogenated alkanes) is 3. The van der Waals surface area contributed by atoms with E-state index in [-0.39, 0.29) is 24.4 Å². The second kappa shape index (κ2) is 12.2. The van der Waals surface area contributed by atoms with Crippen LogP contribution in [0.4, 0.5) is 0 Å². The molecule has 4 nitrogen and oxygen atoms in total. The second-order valence-electron chi connectivity index (χ2n) is 6.02. The summed E-state index contributed by atoms with van der Waals surface area (Å²) in [7, 11) is 1.65. The van der Waals surface area contributed by atoms with Crippen LogP contribution in [0.2, 0.25) is 0 Å². The molecular formula is C18H31ClN2O2. The number of amides is 1. The Kier molecular flexibility index (Phi) is 11.5. The van der Waals surface area contributed by atoms with Gasteiger partial charge in [0.1, 0.15) is 5.75 Å². The number of rotatable bonds is 10. The Labute approximate surface area is 146 Å². The third-order valence-corrected chi connectivity index (χ3v) is 3.82. The third-order valence-electron chi connectivity index (χ3n) is 3.82. The lowest BCUT2D eigenvalue weighted by atomic mass is 9.95. The number of nitrogens with two attached hydrogens (primary N) is 1. The van der Waals surface area contributed by atoms with Crippen LogP contribution in [0.3, 0.4) is 0 Å². The molecule has 0 heterocycles. The van der Waals surface area contributed by atoms with Crippen molar-refractivity contribution in [1.29, 1.82) is 0 Å². The van der Waals surface area contributed by atoms with Crippen molar-refractivity contribution in [1.82, 2.24) is 5.32 Å². The number of methoxy groups -OCH3 is 1. The van der Waals surface area contributed by atoms with Gasteiger partial charge in [-0.15, -0.1) is 12.4 Å². The molecule has 1 unspecified atom stereocenters. The molecule has 23 heavy (non-hydrogen) atoms. The predicted octanol–water partition coefficient (Wildman–Crippen LogP) is 3.84. The zero-order valence-corrected chi connectivity index (χ0v) is 15.3. The molecule has 0 aromatic heterocycles. The first-order chi connectivity index (χ1) is 10.6. The highest BCUT2D eigenvalue weighted by molar-refractivity contribution is 5.85.